The predicted octanol–water partition coefficient (Wildman–Crippen LogP) is 0.471. The van der Waals surface area contributed by atoms with Crippen LogP contribution in [-0.2, 0) is 9.59 Å². The number of nitrogens with one attached hydrogen (secondary N) is 1. The Kier molecular flexibility index (Phi) is 2.62. The van der Waals surface area contributed by atoms with E-state index in [4.69, 9.17) is 4.42 Å². The number of carbonyl (C=O) groups excluding carboxylic acids is 2. The molecule has 6 heteroatoms. The summed E-state index contributed by atoms with van der Waals surface area (Å²) in [4.78, 5) is 24.8. The number of likely N-dealkylation sites (tertiary alicyclic amines) is 1. The standard InChI is InChI=1S/C12H13N3O3/c16-11-6-9(13-14-11)12(17)15-4-3-8(7-15)10-2-1-5-18-10/h1-2,5,8H,3-4,6-7H2,(H,14,16). The number of amides is 2. The van der Waals surface area contributed by atoms with Gasteiger partial charge in [-0.2, -0.15) is 5.10 Å². The maximum absolute atomic E-state index is 12.1. The van der Waals surface area contributed by atoms with Crippen molar-refractivity contribution in [3.8, 4) is 0 Å². The molecule has 1 aromatic rings. The van der Waals surface area contributed by atoms with Crippen LogP contribution < -0.4 is 5.43 Å². The summed E-state index contributed by atoms with van der Waals surface area (Å²) in [5, 5.41) is 3.75. The van der Waals surface area contributed by atoms with Gasteiger partial charge in [0.1, 0.15) is 11.5 Å². The average molecular weight is 247 g/mol. The Morgan fingerprint density at radius 1 is 1.56 bits per heavy atom. The van der Waals surface area contributed by atoms with E-state index in [2.05, 4.69) is 10.5 Å². The van der Waals surface area contributed by atoms with Crippen LogP contribution in [0.4, 0.5) is 0 Å². The number of rotatable bonds is 2. The molecule has 1 aromatic heterocycles. The van der Waals surface area contributed by atoms with Gasteiger partial charge in [-0.25, -0.2) is 5.43 Å². The van der Waals surface area contributed by atoms with E-state index in [-0.39, 0.29) is 24.2 Å². The SMILES string of the molecule is O=C1CC(C(=O)N2CCC(c3ccco3)C2)=NN1. The Morgan fingerprint density at radius 3 is 3.11 bits per heavy atom. The Bertz CT molecular complexity index is 507. The van der Waals surface area contributed by atoms with Gasteiger partial charge in [0.15, 0.2) is 0 Å². The minimum atomic E-state index is -0.222. The molecule has 0 aromatic carbocycles. The van der Waals surface area contributed by atoms with Gasteiger partial charge in [0.2, 0.25) is 5.91 Å². The van der Waals surface area contributed by atoms with E-state index in [0.717, 1.165) is 12.2 Å². The maximum atomic E-state index is 12.1. The highest BCUT2D eigenvalue weighted by atomic mass is 16.3. The summed E-state index contributed by atoms with van der Waals surface area (Å²) >= 11 is 0. The molecule has 1 fully saturated rings. The smallest absolute Gasteiger partial charge is 0.270 e. The second-order valence-electron chi connectivity index (χ2n) is 4.52. The van der Waals surface area contributed by atoms with Crippen molar-refractivity contribution in [2.75, 3.05) is 13.1 Å². The topological polar surface area (TPSA) is 74.9 Å². The van der Waals surface area contributed by atoms with Gasteiger partial charge in [-0.15, -0.1) is 0 Å². The van der Waals surface area contributed by atoms with Crippen LogP contribution in [0.5, 0.6) is 0 Å². The fraction of sp³-hybridized carbons (Fsp3) is 0.417. The lowest BCUT2D eigenvalue weighted by molar-refractivity contribution is -0.124. The minimum Gasteiger partial charge on any atom is -0.469 e. The largest absolute Gasteiger partial charge is 0.469 e. The van der Waals surface area contributed by atoms with Crippen LogP contribution >= 0.6 is 0 Å². The number of furan rings is 1. The Morgan fingerprint density at radius 2 is 2.44 bits per heavy atom. The van der Waals surface area contributed by atoms with E-state index in [1.54, 1.807) is 11.2 Å². The van der Waals surface area contributed by atoms with Crippen molar-refractivity contribution in [1.29, 1.82) is 0 Å². The van der Waals surface area contributed by atoms with E-state index >= 15 is 0 Å². The summed E-state index contributed by atoms with van der Waals surface area (Å²) in [7, 11) is 0. The zero-order chi connectivity index (χ0) is 12.5. The van der Waals surface area contributed by atoms with Gasteiger partial charge in [0.05, 0.1) is 12.7 Å². The molecule has 0 aliphatic carbocycles. The number of carbonyl (C=O) groups is 2. The molecular weight excluding hydrogens is 234 g/mol. The molecule has 1 saturated heterocycles. The molecule has 3 rings (SSSR count). The lowest BCUT2D eigenvalue weighted by Crippen LogP contribution is -2.34. The van der Waals surface area contributed by atoms with Gasteiger partial charge in [-0.1, -0.05) is 0 Å². The Balaban J connectivity index is 1.65. The van der Waals surface area contributed by atoms with E-state index < -0.39 is 0 Å². The molecule has 2 aliphatic rings. The monoisotopic (exact) mass is 247 g/mol. The zero-order valence-corrected chi connectivity index (χ0v) is 9.76. The van der Waals surface area contributed by atoms with Gasteiger partial charge in [0, 0.05) is 19.0 Å². The van der Waals surface area contributed by atoms with Crippen LogP contribution in [0.2, 0.25) is 0 Å². The van der Waals surface area contributed by atoms with E-state index in [1.807, 2.05) is 12.1 Å². The fourth-order valence-corrected chi connectivity index (χ4v) is 2.37. The normalized spacial score (nSPS) is 23.1. The van der Waals surface area contributed by atoms with Gasteiger partial charge in [-0.3, -0.25) is 9.59 Å². The first-order valence-corrected chi connectivity index (χ1v) is 5.92. The van der Waals surface area contributed by atoms with Gasteiger partial charge >= 0.3 is 0 Å². The molecule has 0 spiro atoms. The van der Waals surface area contributed by atoms with Crippen LogP contribution in [0.3, 0.4) is 0 Å². The molecule has 2 aliphatic heterocycles. The summed E-state index contributed by atoms with van der Waals surface area (Å²) in [6, 6.07) is 3.78. The average Bonchev–Trinajstić information content (AvgIpc) is 3.09. The van der Waals surface area contributed by atoms with Crippen LogP contribution in [0.15, 0.2) is 27.9 Å². The summed E-state index contributed by atoms with van der Waals surface area (Å²) in [5.41, 5.74) is 2.60. The highest BCUT2D eigenvalue weighted by Gasteiger charge is 2.33. The van der Waals surface area contributed by atoms with Crippen LogP contribution in [0, 0.1) is 0 Å². The second kappa shape index (κ2) is 4.29. The molecule has 94 valence electrons. The minimum absolute atomic E-state index is 0.0841. The third-order valence-electron chi connectivity index (χ3n) is 3.31. The summed E-state index contributed by atoms with van der Waals surface area (Å²) < 4.78 is 5.35. The first-order valence-electron chi connectivity index (χ1n) is 5.92. The third-order valence-corrected chi connectivity index (χ3v) is 3.31. The Hall–Kier alpha value is -2.11. The lowest BCUT2D eigenvalue weighted by atomic mass is 10.1. The fourth-order valence-electron chi connectivity index (χ4n) is 2.37. The summed E-state index contributed by atoms with van der Waals surface area (Å²) in [6.07, 6.45) is 2.61. The first-order chi connectivity index (χ1) is 8.74. The third kappa shape index (κ3) is 1.90. The molecule has 3 heterocycles. The molecule has 18 heavy (non-hydrogen) atoms. The van der Waals surface area contributed by atoms with E-state index in [9.17, 15) is 9.59 Å². The quantitative estimate of drug-likeness (QED) is 0.825. The molecular formula is C12H13N3O3. The Labute approximate surface area is 104 Å². The molecule has 0 radical (unpaired) electrons. The molecule has 1 N–H and O–H groups in total. The lowest BCUT2D eigenvalue weighted by Gasteiger charge is -2.15. The van der Waals surface area contributed by atoms with Gasteiger partial charge < -0.3 is 9.32 Å². The highest BCUT2D eigenvalue weighted by molar-refractivity contribution is 6.43. The predicted molar refractivity (Wildman–Crippen MR) is 62.8 cm³/mol. The molecule has 1 unspecified atom stereocenters. The van der Waals surface area contributed by atoms with Crippen molar-refractivity contribution in [3.05, 3.63) is 24.2 Å². The number of nitrogens with zero attached hydrogens (tertiary/aromatic N) is 2. The van der Waals surface area contributed by atoms with Crippen molar-refractivity contribution < 1.29 is 14.0 Å². The maximum Gasteiger partial charge on any atom is 0.270 e. The van der Waals surface area contributed by atoms with E-state index in [0.29, 0.717) is 18.8 Å². The molecule has 1 atom stereocenters. The van der Waals surface area contributed by atoms with Crippen molar-refractivity contribution in [2.45, 2.75) is 18.8 Å². The molecule has 0 bridgehead atoms. The molecule has 0 saturated carbocycles. The first kappa shape index (κ1) is 11.0. The number of hydrazone groups is 1. The highest BCUT2D eigenvalue weighted by Crippen LogP contribution is 2.27. The van der Waals surface area contributed by atoms with E-state index in [1.165, 1.54) is 0 Å². The summed E-state index contributed by atoms with van der Waals surface area (Å²) in [5.74, 6) is 0.782. The van der Waals surface area contributed by atoms with Crippen molar-refractivity contribution in [3.63, 3.8) is 0 Å². The van der Waals surface area contributed by atoms with Crippen LogP contribution in [-0.4, -0.2) is 35.5 Å². The van der Waals surface area contributed by atoms with Gasteiger partial charge in [0.25, 0.3) is 5.91 Å². The van der Waals surface area contributed by atoms with Crippen LogP contribution in [0.25, 0.3) is 0 Å². The second-order valence-corrected chi connectivity index (χ2v) is 4.52. The zero-order valence-electron chi connectivity index (χ0n) is 9.76. The molecule has 6 nitrogen and oxygen atoms in total. The van der Waals surface area contributed by atoms with Crippen molar-refractivity contribution in [1.82, 2.24) is 10.3 Å². The van der Waals surface area contributed by atoms with Crippen molar-refractivity contribution >= 4 is 17.5 Å². The number of hydrogen-bond donors (Lipinski definition) is 1. The molecule has 2 amide bonds. The van der Waals surface area contributed by atoms with Crippen molar-refractivity contribution in [2.24, 2.45) is 5.10 Å². The van der Waals surface area contributed by atoms with Crippen LogP contribution in [0.1, 0.15) is 24.5 Å². The van der Waals surface area contributed by atoms with Gasteiger partial charge in [-0.05, 0) is 18.6 Å². The number of hydrogen-bond acceptors (Lipinski definition) is 4. The summed E-state index contributed by atoms with van der Waals surface area (Å²) in [6.45, 7) is 1.30.